The van der Waals surface area contributed by atoms with Gasteiger partial charge in [0.15, 0.2) is 6.61 Å². The number of para-hydroxylation sites is 1. The minimum absolute atomic E-state index is 0.137. The van der Waals surface area contributed by atoms with E-state index >= 15 is 0 Å². The number of methoxy groups -OCH3 is 1. The number of nitrogens with one attached hydrogen (secondary N) is 1. The van der Waals surface area contributed by atoms with Crippen LogP contribution in [0.25, 0.3) is 0 Å². The number of likely N-dealkylation sites (N-methyl/N-ethyl adjacent to an activating group) is 1. The van der Waals surface area contributed by atoms with Crippen molar-refractivity contribution in [3.8, 4) is 5.75 Å². The van der Waals surface area contributed by atoms with Gasteiger partial charge in [-0.15, -0.1) is 0 Å². The van der Waals surface area contributed by atoms with Crippen LogP contribution in [-0.4, -0.2) is 79.4 Å². The monoisotopic (exact) mass is 403 g/mol. The van der Waals surface area contributed by atoms with Crippen molar-refractivity contribution < 1.29 is 28.7 Å². The average molecular weight is 403 g/mol. The summed E-state index contributed by atoms with van der Waals surface area (Å²) in [4.78, 5) is 52.6. The number of nitrogens with zero attached hydrogens (tertiary/aromatic N) is 2. The van der Waals surface area contributed by atoms with Gasteiger partial charge in [0.1, 0.15) is 11.3 Å². The molecule has 0 unspecified atom stereocenters. The van der Waals surface area contributed by atoms with Crippen molar-refractivity contribution in [3.05, 3.63) is 30.3 Å². The molecule has 0 aromatic heterocycles. The Morgan fingerprint density at radius 2 is 1.86 bits per heavy atom. The molecule has 0 aliphatic carbocycles. The van der Waals surface area contributed by atoms with Crippen molar-refractivity contribution in [3.63, 3.8) is 0 Å². The molecule has 2 aliphatic rings. The minimum Gasteiger partial charge on any atom is -0.484 e. The molecule has 4 atom stereocenters. The first-order valence-corrected chi connectivity index (χ1v) is 9.30. The third-order valence-corrected chi connectivity index (χ3v) is 5.72. The Kier molecular flexibility index (Phi) is 5.61. The zero-order chi connectivity index (χ0) is 21.3. The highest BCUT2D eigenvalue weighted by atomic mass is 16.5. The van der Waals surface area contributed by atoms with Gasteiger partial charge in [-0.05, 0) is 19.1 Å². The second-order valence-corrected chi connectivity index (χ2v) is 7.56. The summed E-state index contributed by atoms with van der Waals surface area (Å²) in [6, 6.07) is 8.38. The van der Waals surface area contributed by atoms with Crippen LogP contribution < -0.4 is 10.1 Å². The fourth-order valence-corrected chi connectivity index (χ4v) is 4.14. The summed E-state index contributed by atoms with van der Waals surface area (Å²) >= 11 is 0. The van der Waals surface area contributed by atoms with E-state index in [4.69, 9.17) is 9.47 Å². The molecule has 2 aliphatic heterocycles. The Hall–Kier alpha value is -2.94. The van der Waals surface area contributed by atoms with E-state index in [1.54, 1.807) is 38.2 Å². The van der Waals surface area contributed by atoms with Gasteiger partial charge in [-0.2, -0.15) is 0 Å². The van der Waals surface area contributed by atoms with E-state index in [-0.39, 0.29) is 25.0 Å². The van der Waals surface area contributed by atoms with Crippen LogP contribution in [0.4, 0.5) is 0 Å². The fourth-order valence-electron chi connectivity index (χ4n) is 4.14. The van der Waals surface area contributed by atoms with Crippen LogP contribution >= 0.6 is 0 Å². The number of esters is 1. The standard InChI is InChI=1S/C20H25N3O6/c1-20(19(27)28-4)16-15(17(25)23(3)18(16)26)13(21-20)10-22(2)14(24)11-29-12-8-6-5-7-9-12/h5-9,13,15-16,21H,10-11H2,1-4H3/t13-,15+,16-,20-/m1/s1. The summed E-state index contributed by atoms with van der Waals surface area (Å²) in [5, 5.41) is 3.08. The van der Waals surface area contributed by atoms with Crippen molar-refractivity contribution in [1.29, 1.82) is 0 Å². The number of ether oxygens (including phenoxy) is 2. The molecular weight excluding hydrogens is 378 g/mol. The van der Waals surface area contributed by atoms with Crippen molar-refractivity contribution in [1.82, 2.24) is 15.1 Å². The van der Waals surface area contributed by atoms with Gasteiger partial charge in [0.05, 0.1) is 18.9 Å². The molecule has 1 N–H and O–H groups in total. The fraction of sp³-hybridized carbons (Fsp3) is 0.500. The van der Waals surface area contributed by atoms with Crippen molar-refractivity contribution in [2.24, 2.45) is 11.8 Å². The number of benzene rings is 1. The van der Waals surface area contributed by atoms with Gasteiger partial charge in [0.25, 0.3) is 5.91 Å². The Labute approximate surface area is 168 Å². The second kappa shape index (κ2) is 7.82. The molecule has 0 spiro atoms. The summed E-state index contributed by atoms with van der Waals surface area (Å²) in [7, 11) is 4.23. The SMILES string of the molecule is COC(=O)[C@]1(C)N[C@H](CN(C)C(=O)COc2ccccc2)[C@@H]2C(=O)N(C)C(=O)[C@@H]21. The van der Waals surface area contributed by atoms with E-state index in [0.29, 0.717) is 5.75 Å². The number of carbonyl (C=O) groups excluding carboxylic acids is 4. The summed E-state index contributed by atoms with van der Waals surface area (Å²) in [6.07, 6.45) is 0. The highest BCUT2D eigenvalue weighted by Gasteiger charge is 2.66. The van der Waals surface area contributed by atoms with Crippen LogP contribution in [0, 0.1) is 11.8 Å². The Balaban J connectivity index is 1.72. The molecule has 2 heterocycles. The number of likely N-dealkylation sites (tertiary alicyclic amines) is 1. The van der Waals surface area contributed by atoms with Gasteiger partial charge >= 0.3 is 5.97 Å². The van der Waals surface area contributed by atoms with E-state index in [1.807, 2.05) is 6.07 Å². The van der Waals surface area contributed by atoms with Crippen LogP contribution in [0.3, 0.4) is 0 Å². The average Bonchev–Trinajstić information content (AvgIpc) is 3.14. The lowest BCUT2D eigenvalue weighted by atomic mass is 9.81. The van der Waals surface area contributed by atoms with Crippen LogP contribution in [0.5, 0.6) is 5.75 Å². The molecule has 2 saturated heterocycles. The summed E-state index contributed by atoms with van der Waals surface area (Å²) in [5.74, 6) is -2.75. The maximum atomic E-state index is 12.7. The zero-order valence-electron chi connectivity index (χ0n) is 16.9. The normalized spacial score (nSPS) is 28.3. The molecule has 3 rings (SSSR count). The topological polar surface area (TPSA) is 105 Å². The largest absolute Gasteiger partial charge is 0.484 e. The van der Waals surface area contributed by atoms with Crippen molar-refractivity contribution in [2.45, 2.75) is 18.5 Å². The lowest BCUT2D eigenvalue weighted by molar-refractivity contribution is -0.152. The number of imide groups is 1. The molecule has 29 heavy (non-hydrogen) atoms. The van der Waals surface area contributed by atoms with E-state index in [1.165, 1.54) is 19.1 Å². The number of fused-ring (bicyclic) bond motifs is 1. The van der Waals surface area contributed by atoms with Crippen molar-refractivity contribution in [2.75, 3.05) is 34.4 Å². The molecule has 9 nitrogen and oxygen atoms in total. The smallest absolute Gasteiger partial charge is 0.326 e. The Morgan fingerprint density at radius 3 is 2.48 bits per heavy atom. The molecule has 9 heteroatoms. The van der Waals surface area contributed by atoms with Crippen LogP contribution in [0.1, 0.15) is 6.92 Å². The predicted octanol–water partition coefficient (Wildman–Crippen LogP) is -0.342. The lowest BCUT2D eigenvalue weighted by Crippen LogP contribution is -2.56. The Morgan fingerprint density at radius 1 is 1.21 bits per heavy atom. The first-order valence-electron chi connectivity index (χ1n) is 9.30. The molecule has 0 saturated carbocycles. The first kappa shape index (κ1) is 20.8. The van der Waals surface area contributed by atoms with Gasteiger partial charge in [0, 0.05) is 26.7 Å². The molecule has 0 bridgehead atoms. The molecule has 1 aromatic rings. The summed E-state index contributed by atoms with van der Waals surface area (Å²) in [6.45, 7) is 1.53. The molecule has 1 aromatic carbocycles. The number of amides is 3. The molecule has 2 fully saturated rings. The number of rotatable bonds is 6. The van der Waals surface area contributed by atoms with E-state index < -0.39 is 35.3 Å². The van der Waals surface area contributed by atoms with Gasteiger partial charge in [-0.1, -0.05) is 18.2 Å². The third-order valence-electron chi connectivity index (χ3n) is 5.72. The number of hydrogen-bond donors (Lipinski definition) is 1. The maximum absolute atomic E-state index is 12.7. The van der Waals surface area contributed by atoms with E-state index in [9.17, 15) is 19.2 Å². The predicted molar refractivity (Wildman–Crippen MR) is 102 cm³/mol. The zero-order valence-corrected chi connectivity index (χ0v) is 16.9. The first-order chi connectivity index (χ1) is 13.7. The highest BCUT2D eigenvalue weighted by molar-refractivity contribution is 6.09. The van der Waals surface area contributed by atoms with E-state index in [0.717, 1.165) is 4.90 Å². The number of hydrogen-bond acceptors (Lipinski definition) is 7. The van der Waals surface area contributed by atoms with Crippen LogP contribution in [0.2, 0.25) is 0 Å². The Bertz CT molecular complexity index is 829. The van der Waals surface area contributed by atoms with Gasteiger partial charge in [-0.3, -0.25) is 29.4 Å². The molecule has 3 amide bonds. The van der Waals surface area contributed by atoms with Crippen molar-refractivity contribution >= 4 is 23.7 Å². The highest BCUT2D eigenvalue weighted by Crippen LogP contribution is 2.42. The maximum Gasteiger partial charge on any atom is 0.326 e. The van der Waals surface area contributed by atoms with Gasteiger partial charge in [-0.25, -0.2) is 0 Å². The molecule has 0 radical (unpaired) electrons. The lowest BCUT2D eigenvalue weighted by Gasteiger charge is -2.29. The van der Waals surface area contributed by atoms with E-state index in [2.05, 4.69) is 5.32 Å². The summed E-state index contributed by atoms with van der Waals surface area (Å²) < 4.78 is 10.3. The van der Waals surface area contributed by atoms with Gasteiger partial charge < -0.3 is 14.4 Å². The number of carbonyl (C=O) groups is 4. The minimum atomic E-state index is -1.34. The third kappa shape index (κ3) is 3.57. The quantitative estimate of drug-likeness (QED) is 0.512. The molecular formula is C20H25N3O6. The van der Waals surface area contributed by atoms with Gasteiger partial charge in [0.2, 0.25) is 11.8 Å². The summed E-state index contributed by atoms with van der Waals surface area (Å²) in [5.41, 5.74) is -1.34. The second-order valence-electron chi connectivity index (χ2n) is 7.56. The van der Waals surface area contributed by atoms with Crippen LogP contribution in [0.15, 0.2) is 30.3 Å². The van der Waals surface area contributed by atoms with Crippen LogP contribution in [-0.2, 0) is 23.9 Å². The molecule has 156 valence electrons.